The molecule has 98 valence electrons. The molecule has 18 heavy (non-hydrogen) atoms. The number of para-hydroxylation sites is 2. The molecule has 0 saturated carbocycles. The van der Waals surface area contributed by atoms with Crippen molar-refractivity contribution in [2.45, 2.75) is 25.8 Å². The Morgan fingerprint density at radius 2 is 2.17 bits per heavy atom. The minimum Gasteiger partial charge on any atom is -0.363 e. The molecule has 0 aliphatic carbocycles. The molecule has 1 heterocycles. The van der Waals surface area contributed by atoms with Crippen LogP contribution in [0.2, 0.25) is 0 Å². The molecule has 0 amide bonds. The van der Waals surface area contributed by atoms with Gasteiger partial charge in [0.2, 0.25) is 0 Å². The molecular weight excluding hydrogens is 230 g/mol. The van der Waals surface area contributed by atoms with E-state index >= 15 is 0 Å². The first-order chi connectivity index (χ1) is 8.63. The van der Waals surface area contributed by atoms with E-state index < -0.39 is 0 Å². The average molecular weight is 249 g/mol. The first kappa shape index (κ1) is 12.8. The monoisotopic (exact) mass is 249 g/mol. The van der Waals surface area contributed by atoms with Crippen LogP contribution in [0, 0.1) is 16.0 Å². The fraction of sp³-hybridized carbons (Fsp3) is 0.538. The van der Waals surface area contributed by atoms with Crippen molar-refractivity contribution >= 4 is 11.4 Å². The second-order valence-corrected chi connectivity index (χ2v) is 4.93. The van der Waals surface area contributed by atoms with Gasteiger partial charge in [-0.1, -0.05) is 12.1 Å². The van der Waals surface area contributed by atoms with Gasteiger partial charge >= 0.3 is 0 Å². The molecule has 5 nitrogen and oxygen atoms in total. The second kappa shape index (κ2) is 5.35. The van der Waals surface area contributed by atoms with Crippen LogP contribution in [0.3, 0.4) is 0 Å². The molecule has 2 N–H and O–H groups in total. The van der Waals surface area contributed by atoms with Gasteiger partial charge in [-0.05, 0) is 38.3 Å². The third kappa shape index (κ3) is 2.46. The molecule has 0 radical (unpaired) electrons. The number of hydrogen-bond donors (Lipinski definition) is 1. The highest BCUT2D eigenvalue weighted by atomic mass is 16.6. The smallest absolute Gasteiger partial charge is 0.292 e. The van der Waals surface area contributed by atoms with Gasteiger partial charge in [0.05, 0.1) is 4.92 Å². The molecule has 2 unspecified atom stereocenters. The molecule has 1 aliphatic heterocycles. The summed E-state index contributed by atoms with van der Waals surface area (Å²) in [4.78, 5) is 12.9. The average Bonchev–Trinajstić information content (AvgIpc) is 2.39. The Morgan fingerprint density at radius 3 is 2.83 bits per heavy atom. The number of nitro groups is 1. The summed E-state index contributed by atoms with van der Waals surface area (Å²) in [6.07, 6.45) is 2.14. The van der Waals surface area contributed by atoms with Crippen LogP contribution in [-0.2, 0) is 0 Å². The third-order valence-electron chi connectivity index (χ3n) is 3.70. The zero-order valence-electron chi connectivity index (χ0n) is 10.6. The molecule has 1 aromatic rings. The molecule has 1 aliphatic rings. The summed E-state index contributed by atoms with van der Waals surface area (Å²) in [6.45, 7) is 3.57. The number of piperidine rings is 1. The van der Waals surface area contributed by atoms with E-state index in [1.54, 1.807) is 12.1 Å². The molecule has 5 heteroatoms. The molecule has 1 fully saturated rings. The Hall–Kier alpha value is -1.62. The maximum absolute atomic E-state index is 11.1. The highest BCUT2D eigenvalue weighted by Crippen LogP contribution is 2.33. The lowest BCUT2D eigenvalue weighted by atomic mass is 9.93. The van der Waals surface area contributed by atoms with E-state index in [9.17, 15) is 10.1 Å². The highest BCUT2D eigenvalue weighted by Gasteiger charge is 2.28. The summed E-state index contributed by atoms with van der Waals surface area (Å²) in [5.74, 6) is 0.431. The van der Waals surface area contributed by atoms with E-state index in [1.165, 1.54) is 0 Å². The molecule has 0 bridgehead atoms. The fourth-order valence-electron chi connectivity index (χ4n) is 2.57. The number of anilines is 1. The van der Waals surface area contributed by atoms with Gasteiger partial charge in [-0.2, -0.15) is 0 Å². The molecule has 2 rings (SSSR count). The zero-order chi connectivity index (χ0) is 13.1. The third-order valence-corrected chi connectivity index (χ3v) is 3.70. The van der Waals surface area contributed by atoms with Crippen LogP contribution >= 0.6 is 0 Å². The quantitative estimate of drug-likeness (QED) is 0.658. The SMILES string of the molecule is CC1CCC(CN)CN1c1ccccc1[N+](=O)[O-]. The summed E-state index contributed by atoms with van der Waals surface area (Å²) in [5, 5.41) is 11.1. The minimum absolute atomic E-state index is 0.182. The number of nitro benzene ring substituents is 1. The van der Waals surface area contributed by atoms with Crippen LogP contribution in [0.4, 0.5) is 11.4 Å². The zero-order valence-corrected chi connectivity index (χ0v) is 10.6. The van der Waals surface area contributed by atoms with Crippen molar-refractivity contribution in [2.75, 3.05) is 18.0 Å². The Kier molecular flexibility index (Phi) is 3.81. The van der Waals surface area contributed by atoms with Gasteiger partial charge in [-0.15, -0.1) is 0 Å². The Labute approximate surface area is 107 Å². The van der Waals surface area contributed by atoms with E-state index in [0.29, 0.717) is 24.2 Å². The standard InChI is InChI=1S/C13H19N3O2/c1-10-6-7-11(8-14)9-15(10)12-4-2-3-5-13(12)16(17)18/h2-5,10-11H,6-9,14H2,1H3. The maximum atomic E-state index is 11.1. The van der Waals surface area contributed by atoms with Crippen LogP contribution in [0.5, 0.6) is 0 Å². The van der Waals surface area contributed by atoms with Crippen LogP contribution in [0.15, 0.2) is 24.3 Å². The van der Waals surface area contributed by atoms with Crippen molar-refractivity contribution in [1.82, 2.24) is 0 Å². The predicted octanol–water partition coefficient (Wildman–Crippen LogP) is 2.16. The first-order valence-electron chi connectivity index (χ1n) is 6.33. The van der Waals surface area contributed by atoms with Gasteiger partial charge in [0, 0.05) is 18.7 Å². The largest absolute Gasteiger partial charge is 0.363 e. The van der Waals surface area contributed by atoms with Crippen molar-refractivity contribution in [2.24, 2.45) is 11.7 Å². The van der Waals surface area contributed by atoms with E-state index in [4.69, 9.17) is 5.73 Å². The molecular formula is C13H19N3O2. The summed E-state index contributed by atoms with van der Waals surface area (Å²) in [5.41, 5.74) is 6.62. The van der Waals surface area contributed by atoms with Crippen molar-refractivity contribution < 1.29 is 4.92 Å². The first-order valence-corrected chi connectivity index (χ1v) is 6.33. The number of benzene rings is 1. The van der Waals surface area contributed by atoms with Crippen molar-refractivity contribution in [3.05, 3.63) is 34.4 Å². The molecule has 0 spiro atoms. The van der Waals surface area contributed by atoms with Gasteiger partial charge < -0.3 is 10.6 Å². The van der Waals surface area contributed by atoms with Gasteiger partial charge in [0.15, 0.2) is 0 Å². The molecule has 2 atom stereocenters. The van der Waals surface area contributed by atoms with E-state index in [2.05, 4.69) is 11.8 Å². The van der Waals surface area contributed by atoms with E-state index in [1.807, 2.05) is 12.1 Å². The number of hydrogen-bond acceptors (Lipinski definition) is 4. The summed E-state index contributed by atoms with van der Waals surface area (Å²) < 4.78 is 0. The van der Waals surface area contributed by atoms with Crippen molar-refractivity contribution in [3.63, 3.8) is 0 Å². The van der Waals surface area contributed by atoms with Crippen molar-refractivity contribution in [3.8, 4) is 0 Å². The van der Waals surface area contributed by atoms with Crippen LogP contribution < -0.4 is 10.6 Å². The summed E-state index contributed by atoms with van der Waals surface area (Å²) in [6, 6.07) is 7.27. The van der Waals surface area contributed by atoms with Gasteiger partial charge in [0.1, 0.15) is 5.69 Å². The van der Waals surface area contributed by atoms with Gasteiger partial charge in [-0.3, -0.25) is 10.1 Å². The highest BCUT2D eigenvalue weighted by molar-refractivity contribution is 5.63. The second-order valence-electron chi connectivity index (χ2n) is 4.93. The normalized spacial score (nSPS) is 24.0. The lowest BCUT2D eigenvalue weighted by molar-refractivity contribution is -0.384. The van der Waals surface area contributed by atoms with Crippen LogP contribution in [0.25, 0.3) is 0 Å². The topological polar surface area (TPSA) is 72.4 Å². The van der Waals surface area contributed by atoms with Gasteiger partial charge in [-0.25, -0.2) is 0 Å². The Morgan fingerprint density at radius 1 is 1.44 bits per heavy atom. The molecule has 1 saturated heterocycles. The van der Waals surface area contributed by atoms with Gasteiger partial charge in [0.25, 0.3) is 5.69 Å². The molecule has 0 aromatic heterocycles. The number of nitrogens with two attached hydrogens (primary N) is 1. The predicted molar refractivity (Wildman–Crippen MR) is 71.7 cm³/mol. The number of nitrogens with zero attached hydrogens (tertiary/aromatic N) is 2. The number of rotatable bonds is 3. The summed E-state index contributed by atoms with van der Waals surface area (Å²) in [7, 11) is 0. The lowest BCUT2D eigenvalue weighted by Crippen LogP contribution is -2.44. The van der Waals surface area contributed by atoms with E-state index in [0.717, 1.165) is 19.4 Å². The Bertz CT molecular complexity index is 436. The Balaban J connectivity index is 2.31. The molecule has 1 aromatic carbocycles. The fourth-order valence-corrected chi connectivity index (χ4v) is 2.57. The maximum Gasteiger partial charge on any atom is 0.292 e. The lowest BCUT2D eigenvalue weighted by Gasteiger charge is -2.39. The van der Waals surface area contributed by atoms with E-state index in [-0.39, 0.29) is 10.6 Å². The van der Waals surface area contributed by atoms with Crippen LogP contribution in [-0.4, -0.2) is 24.1 Å². The van der Waals surface area contributed by atoms with Crippen molar-refractivity contribution in [1.29, 1.82) is 0 Å². The minimum atomic E-state index is -0.311. The summed E-state index contributed by atoms with van der Waals surface area (Å²) >= 11 is 0. The van der Waals surface area contributed by atoms with Crippen LogP contribution in [0.1, 0.15) is 19.8 Å².